The van der Waals surface area contributed by atoms with Gasteiger partial charge >= 0.3 is 0 Å². The topological polar surface area (TPSA) is 38.9 Å². The second-order valence-corrected chi connectivity index (χ2v) is 5.78. The number of halogens is 1. The van der Waals surface area contributed by atoms with Crippen LogP contribution in [0.5, 0.6) is 0 Å². The molecule has 0 amide bonds. The van der Waals surface area contributed by atoms with Crippen LogP contribution in [0.2, 0.25) is 4.34 Å². The summed E-state index contributed by atoms with van der Waals surface area (Å²) >= 11 is 8.83. The Kier molecular flexibility index (Phi) is 2.96. The summed E-state index contributed by atoms with van der Waals surface area (Å²) in [6.07, 6.45) is 1.80. The minimum atomic E-state index is 0.633. The number of nitrogens with zero attached hydrogens (tertiary/aromatic N) is 1. The van der Waals surface area contributed by atoms with E-state index in [1.807, 2.05) is 6.92 Å². The molecule has 0 fully saturated rings. The van der Waals surface area contributed by atoms with E-state index < -0.39 is 0 Å². The van der Waals surface area contributed by atoms with Gasteiger partial charge in [0, 0.05) is 11.1 Å². The van der Waals surface area contributed by atoms with E-state index in [4.69, 9.17) is 17.3 Å². The summed E-state index contributed by atoms with van der Waals surface area (Å²) in [5, 5.41) is 1.48. The molecule has 0 saturated carbocycles. The van der Waals surface area contributed by atoms with Crippen molar-refractivity contribution in [3.63, 3.8) is 0 Å². The van der Waals surface area contributed by atoms with Gasteiger partial charge in [0.1, 0.15) is 4.34 Å². The Morgan fingerprint density at radius 2 is 2.20 bits per heavy atom. The van der Waals surface area contributed by atoms with E-state index in [1.54, 1.807) is 23.6 Å². The summed E-state index contributed by atoms with van der Waals surface area (Å²) in [7, 11) is 0. The smallest absolute Gasteiger partial charge is 0.167 e. The Hall–Kier alpha value is -1.02. The number of thiazole rings is 1. The van der Waals surface area contributed by atoms with Crippen LogP contribution in [0.15, 0.2) is 12.3 Å². The summed E-state index contributed by atoms with van der Waals surface area (Å²) in [6, 6.07) is 1.78. The van der Waals surface area contributed by atoms with Crippen molar-refractivity contribution in [2.45, 2.75) is 6.92 Å². The van der Waals surface area contributed by atoms with Gasteiger partial charge in [-0.1, -0.05) is 17.5 Å². The van der Waals surface area contributed by atoms with Gasteiger partial charge in [-0.25, -0.2) is 4.98 Å². The number of anilines is 1. The summed E-state index contributed by atoms with van der Waals surface area (Å²) in [6.45, 7) is 2.00. The van der Waals surface area contributed by atoms with Crippen molar-refractivity contribution in [3.05, 3.63) is 32.0 Å². The molecule has 2 nitrogen and oxygen atoms in total. The van der Waals surface area contributed by atoms with Gasteiger partial charge in [-0.3, -0.25) is 0 Å². The third-order valence-corrected chi connectivity index (χ3v) is 3.65. The largest absolute Gasteiger partial charge is 0.391 e. The molecule has 0 aromatic carbocycles. The van der Waals surface area contributed by atoms with Crippen LogP contribution in [0, 0.1) is 18.8 Å². The summed E-state index contributed by atoms with van der Waals surface area (Å²) < 4.78 is 0.633. The lowest BCUT2D eigenvalue weighted by molar-refractivity contribution is 1.36. The molecule has 2 aromatic heterocycles. The van der Waals surface area contributed by atoms with E-state index in [2.05, 4.69) is 16.8 Å². The fraction of sp³-hybridized carbons (Fsp3) is 0.100. The second-order valence-electron chi connectivity index (χ2n) is 2.86. The molecule has 0 atom stereocenters. The SMILES string of the molecule is Cc1cnc(C#Cc2cc(N)sc2Cl)s1. The Bertz CT molecular complexity index is 545. The van der Waals surface area contributed by atoms with Gasteiger partial charge in [0.2, 0.25) is 0 Å². The average molecular weight is 255 g/mol. The average Bonchev–Trinajstić information content (AvgIpc) is 2.70. The van der Waals surface area contributed by atoms with Gasteiger partial charge in [-0.15, -0.1) is 22.7 Å². The summed E-state index contributed by atoms with van der Waals surface area (Å²) in [4.78, 5) is 5.29. The van der Waals surface area contributed by atoms with E-state index in [9.17, 15) is 0 Å². The first-order chi connectivity index (χ1) is 7.15. The minimum Gasteiger partial charge on any atom is -0.391 e. The molecule has 0 unspecified atom stereocenters. The first kappa shape index (κ1) is 10.5. The normalized spacial score (nSPS) is 9.73. The van der Waals surface area contributed by atoms with Crippen LogP contribution in [0.1, 0.15) is 15.4 Å². The van der Waals surface area contributed by atoms with Gasteiger partial charge in [0.15, 0.2) is 5.01 Å². The monoisotopic (exact) mass is 254 g/mol. The second kappa shape index (κ2) is 4.23. The molecule has 76 valence electrons. The van der Waals surface area contributed by atoms with Crippen molar-refractivity contribution in [2.24, 2.45) is 0 Å². The first-order valence-electron chi connectivity index (χ1n) is 4.14. The van der Waals surface area contributed by atoms with Gasteiger partial charge in [-0.2, -0.15) is 0 Å². The molecular formula is C10H7ClN2S2. The maximum absolute atomic E-state index is 5.94. The molecule has 2 heterocycles. The fourth-order valence-corrected chi connectivity index (χ4v) is 2.60. The number of aromatic nitrogens is 1. The van der Waals surface area contributed by atoms with Crippen LogP contribution in [-0.4, -0.2) is 4.98 Å². The van der Waals surface area contributed by atoms with Gasteiger partial charge in [0.25, 0.3) is 0 Å². The maximum atomic E-state index is 5.94. The lowest BCUT2D eigenvalue weighted by atomic mass is 10.3. The van der Waals surface area contributed by atoms with Crippen LogP contribution < -0.4 is 5.73 Å². The molecule has 0 saturated heterocycles. The molecule has 15 heavy (non-hydrogen) atoms. The fourth-order valence-electron chi connectivity index (χ4n) is 1.01. The zero-order valence-electron chi connectivity index (χ0n) is 7.87. The molecule has 0 aliphatic carbocycles. The Balaban J connectivity index is 2.29. The Morgan fingerprint density at radius 1 is 1.40 bits per heavy atom. The van der Waals surface area contributed by atoms with Crippen molar-refractivity contribution in [2.75, 3.05) is 5.73 Å². The number of nitrogens with two attached hydrogens (primary N) is 1. The Labute approximate surface area is 101 Å². The van der Waals surface area contributed by atoms with Gasteiger partial charge < -0.3 is 5.73 Å². The number of hydrogen-bond donors (Lipinski definition) is 1. The quantitative estimate of drug-likeness (QED) is 0.734. The van der Waals surface area contributed by atoms with Crippen LogP contribution in [0.4, 0.5) is 5.00 Å². The molecule has 2 rings (SSSR count). The van der Waals surface area contributed by atoms with Crippen molar-refractivity contribution < 1.29 is 0 Å². The zero-order chi connectivity index (χ0) is 10.8. The van der Waals surface area contributed by atoms with Crippen molar-refractivity contribution >= 4 is 39.3 Å². The number of hydrogen-bond acceptors (Lipinski definition) is 4. The minimum absolute atomic E-state index is 0.633. The molecule has 0 spiro atoms. The van der Waals surface area contributed by atoms with E-state index >= 15 is 0 Å². The third kappa shape index (κ3) is 2.51. The number of rotatable bonds is 0. The van der Waals surface area contributed by atoms with Crippen molar-refractivity contribution in [1.29, 1.82) is 0 Å². The number of nitrogen functional groups attached to an aromatic ring is 1. The predicted octanol–water partition coefficient (Wildman–Crippen LogP) is 3.15. The third-order valence-electron chi connectivity index (χ3n) is 1.63. The van der Waals surface area contributed by atoms with E-state index in [1.165, 1.54) is 11.3 Å². The van der Waals surface area contributed by atoms with Gasteiger partial charge in [0.05, 0.1) is 10.6 Å². The lowest BCUT2D eigenvalue weighted by Crippen LogP contribution is -1.74. The maximum Gasteiger partial charge on any atom is 0.167 e. The zero-order valence-corrected chi connectivity index (χ0v) is 10.3. The molecule has 0 aliphatic rings. The molecule has 0 aliphatic heterocycles. The van der Waals surface area contributed by atoms with Gasteiger partial charge in [-0.05, 0) is 18.9 Å². The number of aryl methyl sites for hydroxylation is 1. The molecule has 2 aromatic rings. The molecule has 0 radical (unpaired) electrons. The highest BCUT2D eigenvalue weighted by Gasteiger charge is 2.01. The first-order valence-corrected chi connectivity index (χ1v) is 6.15. The highest BCUT2D eigenvalue weighted by Crippen LogP contribution is 2.28. The predicted molar refractivity (Wildman–Crippen MR) is 66.6 cm³/mol. The van der Waals surface area contributed by atoms with Crippen LogP contribution >= 0.6 is 34.3 Å². The number of thiophene rings is 1. The molecule has 0 bridgehead atoms. The van der Waals surface area contributed by atoms with Crippen LogP contribution in [0.3, 0.4) is 0 Å². The van der Waals surface area contributed by atoms with Crippen molar-refractivity contribution in [1.82, 2.24) is 4.98 Å². The highest BCUT2D eigenvalue weighted by atomic mass is 35.5. The summed E-state index contributed by atoms with van der Waals surface area (Å²) in [5.41, 5.74) is 6.38. The van der Waals surface area contributed by atoms with Crippen LogP contribution in [0.25, 0.3) is 0 Å². The van der Waals surface area contributed by atoms with Crippen LogP contribution in [-0.2, 0) is 0 Å². The van der Waals surface area contributed by atoms with E-state index in [0.717, 1.165) is 15.4 Å². The lowest BCUT2D eigenvalue weighted by Gasteiger charge is -1.80. The standard InChI is InChI=1S/C10H7ClN2S2/c1-6-5-13-9(14-6)3-2-7-4-8(12)15-10(7)11/h4-5H,12H2,1H3. The molecule has 5 heteroatoms. The van der Waals surface area contributed by atoms with Crippen molar-refractivity contribution in [3.8, 4) is 11.8 Å². The summed E-state index contributed by atoms with van der Waals surface area (Å²) in [5.74, 6) is 5.92. The van der Waals surface area contributed by atoms with E-state index in [-0.39, 0.29) is 0 Å². The molecular weight excluding hydrogens is 248 g/mol. The molecule has 2 N–H and O–H groups in total. The Morgan fingerprint density at radius 3 is 2.73 bits per heavy atom. The highest BCUT2D eigenvalue weighted by molar-refractivity contribution is 7.20. The van der Waals surface area contributed by atoms with E-state index in [0.29, 0.717) is 9.34 Å².